The van der Waals surface area contributed by atoms with Gasteiger partial charge < -0.3 is 10.1 Å². The first-order valence-electron chi connectivity index (χ1n) is 7.54. The maximum absolute atomic E-state index is 11.9. The predicted octanol–water partition coefficient (Wildman–Crippen LogP) is 4.19. The van der Waals surface area contributed by atoms with Gasteiger partial charge >= 0.3 is 5.97 Å². The zero-order valence-corrected chi connectivity index (χ0v) is 14.1. The number of carbonyl (C=O) groups is 2. The summed E-state index contributed by atoms with van der Waals surface area (Å²) >= 11 is 6.25. The van der Waals surface area contributed by atoms with Gasteiger partial charge in [-0.3, -0.25) is 9.59 Å². The summed E-state index contributed by atoms with van der Waals surface area (Å²) in [7, 11) is 0. The Morgan fingerprint density at radius 1 is 1.26 bits per heavy atom. The average molecular weight is 334 g/mol. The Hall–Kier alpha value is -2.07. The summed E-state index contributed by atoms with van der Waals surface area (Å²) in [5.74, 6) is -0.575. The van der Waals surface area contributed by atoms with Gasteiger partial charge in [0.15, 0.2) is 5.78 Å². The Morgan fingerprint density at radius 3 is 2.70 bits per heavy atom. The molecule has 1 aliphatic carbocycles. The summed E-state index contributed by atoms with van der Waals surface area (Å²) in [4.78, 5) is 22.7. The molecule has 2 rings (SSSR count). The van der Waals surface area contributed by atoms with Crippen molar-refractivity contribution in [2.75, 3.05) is 11.9 Å². The summed E-state index contributed by atoms with van der Waals surface area (Å²) in [6, 6.07) is 5.70. The summed E-state index contributed by atoms with van der Waals surface area (Å²) in [6.07, 6.45) is 5.98. The van der Waals surface area contributed by atoms with Crippen molar-refractivity contribution in [1.29, 1.82) is 0 Å². The minimum Gasteiger partial charge on any atom is -0.457 e. The van der Waals surface area contributed by atoms with Gasteiger partial charge in [0.2, 0.25) is 0 Å². The number of allylic oxidation sites excluding steroid dienone is 3. The molecule has 122 valence electrons. The summed E-state index contributed by atoms with van der Waals surface area (Å²) in [5, 5.41) is 3.96. The highest BCUT2D eigenvalue weighted by atomic mass is 35.5. The predicted molar refractivity (Wildman–Crippen MR) is 91.5 cm³/mol. The van der Waals surface area contributed by atoms with E-state index in [0.717, 1.165) is 35.4 Å². The molecule has 23 heavy (non-hydrogen) atoms. The third kappa shape index (κ3) is 4.96. The molecule has 4 nitrogen and oxygen atoms in total. The maximum atomic E-state index is 11.9. The van der Waals surface area contributed by atoms with Crippen molar-refractivity contribution >= 4 is 29.0 Å². The average Bonchev–Trinajstić information content (AvgIpc) is 2.50. The highest BCUT2D eigenvalue weighted by Gasteiger charge is 2.16. The van der Waals surface area contributed by atoms with Crippen LogP contribution in [0.1, 0.15) is 31.7 Å². The van der Waals surface area contributed by atoms with E-state index >= 15 is 0 Å². The maximum Gasteiger partial charge on any atom is 0.310 e. The number of rotatable bonds is 6. The summed E-state index contributed by atoms with van der Waals surface area (Å²) in [6.45, 7) is 3.19. The number of carbonyl (C=O) groups excluding carboxylic acids is 2. The van der Waals surface area contributed by atoms with E-state index in [-0.39, 0.29) is 18.8 Å². The van der Waals surface area contributed by atoms with Crippen LogP contribution in [0.3, 0.4) is 0 Å². The Kier molecular flexibility index (Phi) is 5.99. The second-order valence-corrected chi connectivity index (χ2v) is 5.93. The fourth-order valence-electron chi connectivity index (χ4n) is 2.34. The quantitative estimate of drug-likeness (QED) is 0.793. The van der Waals surface area contributed by atoms with E-state index in [2.05, 4.69) is 11.4 Å². The van der Waals surface area contributed by atoms with Gasteiger partial charge in [-0.1, -0.05) is 35.9 Å². The Morgan fingerprint density at radius 2 is 2.00 bits per heavy atom. The molecule has 1 aromatic carbocycles. The molecule has 1 aliphatic rings. The van der Waals surface area contributed by atoms with E-state index in [1.807, 2.05) is 31.2 Å². The zero-order valence-electron chi connectivity index (χ0n) is 13.3. The topological polar surface area (TPSA) is 55.4 Å². The molecule has 1 aromatic rings. The van der Waals surface area contributed by atoms with Crippen LogP contribution < -0.4 is 5.32 Å². The second-order valence-electron chi connectivity index (χ2n) is 5.52. The van der Waals surface area contributed by atoms with Gasteiger partial charge in [-0.05, 0) is 43.9 Å². The number of esters is 1. The van der Waals surface area contributed by atoms with Crippen LogP contribution >= 0.6 is 11.6 Å². The number of benzene rings is 1. The lowest BCUT2D eigenvalue weighted by molar-refractivity contribution is -0.146. The lowest BCUT2D eigenvalue weighted by Gasteiger charge is -2.20. The molecule has 0 aromatic heterocycles. The van der Waals surface area contributed by atoms with Crippen molar-refractivity contribution in [2.24, 2.45) is 0 Å². The SMILES string of the molecule is CC(=O)COC(=O)CC1=CCCC=C1Nc1c(C)cccc1Cl. The van der Waals surface area contributed by atoms with Crippen molar-refractivity contribution in [3.8, 4) is 0 Å². The van der Waals surface area contributed by atoms with Gasteiger partial charge in [-0.25, -0.2) is 0 Å². The standard InChI is InChI=1S/C18H20ClNO3/c1-12-6-5-8-15(19)18(12)20-16-9-4-3-7-14(16)10-17(22)23-11-13(2)21/h5-9,20H,3-4,10-11H2,1-2H3. The van der Waals surface area contributed by atoms with Crippen LogP contribution in [-0.2, 0) is 14.3 Å². The van der Waals surface area contributed by atoms with Crippen LogP contribution in [0.25, 0.3) is 0 Å². The fraction of sp³-hybridized carbons (Fsp3) is 0.333. The Labute approximate surface area is 141 Å². The fourth-order valence-corrected chi connectivity index (χ4v) is 2.61. The molecule has 0 radical (unpaired) electrons. The number of ketones is 1. The van der Waals surface area contributed by atoms with Crippen LogP contribution in [-0.4, -0.2) is 18.4 Å². The molecular weight excluding hydrogens is 314 g/mol. The summed E-state index contributed by atoms with van der Waals surface area (Å²) in [5.41, 5.74) is 3.60. The van der Waals surface area contributed by atoms with Crippen molar-refractivity contribution in [3.05, 3.63) is 52.2 Å². The lowest BCUT2D eigenvalue weighted by Crippen LogP contribution is -2.15. The van der Waals surface area contributed by atoms with E-state index in [0.29, 0.717) is 5.02 Å². The molecule has 0 unspecified atom stereocenters. The van der Waals surface area contributed by atoms with Crippen molar-refractivity contribution in [3.63, 3.8) is 0 Å². The van der Waals surface area contributed by atoms with Crippen molar-refractivity contribution in [2.45, 2.75) is 33.1 Å². The third-order valence-corrected chi connectivity index (χ3v) is 3.82. The molecule has 0 aliphatic heterocycles. The first-order valence-corrected chi connectivity index (χ1v) is 7.92. The number of hydrogen-bond donors (Lipinski definition) is 1. The van der Waals surface area contributed by atoms with Gasteiger partial charge in [-0.15, -0.1) is 0 Å². The molecule has 0 bridgehead atoms. The molecule has 0 heterocycles. The van der Waals surface area contributed by atoms with Crippen LogP contribution in [0.5, 0.6) is 0 Å². The number of halogens is 1. The first kappa shape index (κ1) is 17.3. The van der Waals surface area contributed by atoms with Gasteiger partial charge in [0.25, 0.3) is 0 Å². The van der Waals surface area contributed by atoms with E-state index in [9.17, 15) is 9.59 Å². The largest absolute Gasteiger partial charge is 0.457 e. The van der Waals surface area contributed by atoms with Gasteiger partial charge in [0, 0.05) is 5.70 Å². The van der Waals surface area contributed by atoms with Gasteiger partial charge in [-0.2, -0.15) is 0 Å². The monoisotopic (exact) mass is 333 g/mol. The molecular formula is C18H20ClNO3. The molecule has 0 saturated heterocycles. The number of hydrogen-bond acceptors (Lipinski definition) is 4. The van der Waals surface area contributed by atoms with Crippen LogP contribution in [0.2, 0.25) is 5.02 Å². The number of nitrogens with one attached hydrogen (secondary N) is 1. The van der Waals surface area contributed by atoms with Crippen LogP contribution in [0.4, 0.5) is 5.69 Å². The van der Waals surface area contributed by atoms with E-state index in [1.54, 1.807) is 0 Å². The van der Waals surface area contributed by atoms with E-state index in [4.69, 9.17) is 16.3 Å². The lowest BCUT2D eigenvalue weighted by atomic mass is 10.00. The number of ether oxygens (including phenoxy) is 1. The highest BCUT2D eigenvalue weighted by Crippen LogP contribution is 2.30. The number of para-hydroxylation sites is 1. The number of anilines is 1. The molecule has 0 atom stereocenters. The molecule has 0 fully saturated rings. The van der Waals surface area contributed by atoms with Crippen LogP contribution in [0.15, 0.2) is 41.6 Å². The Bertz CT molecular complexity index is 657. The van der Waals surface area contributed by atoms with Gasteiger partial charge in [0.05, 0.1) is 17.1 Å². The molecule has 0 spiro atoms. The molecule has 0 saturated carbocycles. The highest BCUT2D eigenvalue weighted by molar-refractivity contribution is 6.33. The third-order valence-electron chi connectivity index (χ3n) is 3.50. The summed E-state index contributed by atoms with van der Waals surface area (Å²) < 4.78 is 4.94. The number of Topliss-reactive ketones (excluding diaryl/α,β-unsaturated/α-hetero) is 1. The van der Waals surface area contributed by atoms with Crippen molar-refractivity contribution < 1.29 is 14.3 Å². The zero-order chi connectivity index (χ0) is 16.8. The van der Waals surface area contributed by atoms with E-state index < -0.39 is 5.97 Å². The normalized spacial score (nSPS) is 13.9. The first-order chi connectivity index (χ1) is 11.0. The van der Waals surface area contributed by atoms with Crippen LogP contribution in [0, 0.1) is 6.92 Å². The van der Waals surface area contributed by atoms with Crippen molar-refractivity contribution in [1.82, 2.24) is 0 Å². The minimum atomic E-state index is -0.406. The molecule has 0 amide bonds. The van der Waals surface area contributed by atoms with E-state index in [1.165, 1.54) is 6.92 Å². The Balaban J connectivity index is 2.08. The second kappa shape index (κ2) is 7.97. The number of aryl methyl sites for hydroxylation is 1. The molecule has 5 heteroatoms. The minimum absolute atomic E-state index is 0.135. The smallest absolute Gasteiger partial charge is 0.310 e. The van der Waals surface area contributed by atoms with Gasteiger partial charge in [0.1, 0.15) is 6.61 Å². The molecule has 1 N–H and O–H groups in total.